The Bertz CT molecular complexity index is 451. The number of ketones is 1. The summed E-state index contributed by atoms with van der Waals surface area (Å²) >= 11 is 0. The fourth-order valence-corrected chi connectivity index (χ4v) is 1.21. The average Bonchev–Trinajstić information content (AvgIpc) is 2.69. The number of hydrogen-bond acceptors (Lipinski definition) is 2. The van der Waals surface area contributed by atoms with E-state index in [0.717, 1.165) is 0 Å². The van der Waals surface area contributed by atoms with Crippen molar-refractivity contribution in [1.29, 1.82) is 0 Å². The van der Waals surface area contributed by atoms with Gasteiger partial charge in [0.15, 0.2) is 5.82 Å². The quantitative estimate of drug-likeness (QED) is 0.540. The predicted molar refractivity (Wildman–Crippen MR) is 53.9 cm³/mol. The van der Waals surface area contributed by atoms with Gasteiger partial charge in [0.25, 0.3) is 0 Å². The van der Waals surface area contributed by atoms with Crippen molar-refractivity contribution in [2.24, 2.45) is 0 Å². The van der Waals surface area contributed by atoms with Crippen LogP contribution in [-0.2, 0) is 0 Å². The third kappa shape index (κ3) is 1.59. The number of benzene rings is 1. The summed E-state index contributed by atoms with van der Waals surface area (Å²) in [5, 5.41) is 0. The molecular formula is C10H7BN2O. The van der Waals surface area contributed by atoms with Crippen LogP contribution in [-0.4, -0.2) is 23.6 Å². The molecule has 0 spiro atoms. The van der Waals surface area contributed by atoms with Crippen molar-refractivity contribution in [2.45, 2.75) is 0 Å². The van der Waals surface area contributed by atoms with E-state index < -0.39 is 0 Å². The van der Waals surface area contributed by atoms with Gasteiger partial charge >= 0.3 is 0 Å². The number of carbonyl (C=O) groups excluding carboxylic acids is 1. The van der Waals surface area contributed by atoms with Gasteiger partial charge in [-0.1, -0.05) is 29.7 Å². The summed E-state index contributed by atoms with van der Waals surface area (Å²) in [4.78, 5) is 18.3. The SMILES string of the molecule is [B]c1cccc(C(=O)c2ncc[nH]2)c1. The normalized spacial score (nSPS) is 10.0. The van der Waals surface area contributed by atoms with E-state index in [1.807, 2.05) is 0 Å². The highest BCUT2D eigenvalue weighted by Gasteiger charge is 2.10. The fourth-order valence-electron chi connectivity index (χ4n) is 1.21. The van der Waals surface area contributed by atoms with Gasteiger partial charge in [-0.2, -0.15) is 0 Å². The maximum absolute atomic E-state index is 11.7. The van der Waals surface area contributed by atoms with Crippen LogP contribution < -0.4 is 5.46 Å². The van der Waals surface area contributed by atoms with Crippen molar-refractivity contribution in [1.82, 2.24) is 9.97 Å². The Balaban J connectivity index is 2.37. The molecule has 0 amide bonds. The lowest BCUT2D eigenvalue weighted by molar-refractivity contribution is 0.103. The Morgan fingerprint density at radius 1 is 1.43 bits per heavy atom. The Morgan fingerprint density at radius 2 is 2.29 bits per heavy atom. The predicted octanol–water partition coefficient (Wildman–Crippen LogP) is 0.435. The molecule has 3 nitrogen and oxygen atoms in total. The summed E-state index contributed by atoms with van der Waals surface area (Å²) in [7, 11) is 5.57. The first-order valence-electron chi connectivity index (χ1n) is 4.17. The van der Waals surface area contributed by atoms with Gasteiger partial charge in [-0.3, -0.25) is 4.79 Å². The Labute approximate surface area is 82.6 Å². The van der Waals surface area contributed by atoms with Crippen LogP contribution in [0.25, 0.3) is 0 Å². The molecule has 0 unspecified atom stereocenters. The van der Waals surface area contributed by atoms with Gasteiger partial charge in [0, 0.05) is 18.0 Å². The number of aromatic amines is 1. The molecule has 0 aliphatic heterocycles. The van der Waals surface area contributed by atoms with E-state index in [-0.39, 0.29) is 5.78 Å². The molecule has 0 bridgehead atoms. The van der Waals surface area contributed by atoms with Gasteiger partial charge in [-0.25, -0.2) is 4.98 Å². The summed E-state index contributed by atoms with van der Waals surface area (Å²) in [6.45, 7) is 0. The van der Waals surface area contributed by atoms with Crippen molar-refractivity contribution in [3.63, 3.8) is 0 Å². The molecule has 0 saturated heterocycles. The highest BCUT2D eigenvalue weighted by Crippen LogP contribution is 2.03. The van der Waals surface area contributed by atoms with E-state index in [1.54, 1.807) is 36.7 Å². The summed E-state index contributed by atoms with van der Waals surface area (Å²) in [6.07, 6.45) is 3.15. The minimum atomic E-state index is -0.151. The summed E-state index contributed by atoms with van der Waals surface area (Å²) in [5.41, 5.74) is 1.11. The topological polar surface area (TPSA) is 45.8 Å². The van der Waals surface area contributed by atoms with Gasteiger partial charge in [0.05, 0.1) is 0 Å². The molecule has 1 aromatic heterocycles. The Hall–Kier alpha value is -1.84. The second kappa shape index (κ2) is 3.50. The lowest BCUT2D eigenvalue weighted by Crippen LogP contribution is -2.09. The van der Waals surface area contributed by atoms with Crippen LogP contribution in [0, 0.1) is 0 Å². The zero-order chi connectivity index (χ0) is 9.97. The minimum Gasteiger partial charge on any atom is -0.342 e. The summed E-state index contributed by atoms with van der Waals surface area (Å²) < 4.78 is 0. The second-order valence-corrected chi connectivity index (χ2v) is 2.89. The number of imidazole rings is 1. The highest BCUT2D eigenvalue weighted by molar-refractivity contribution is 6.32. The monoisotopic (exact) mass is 182 g/mol. The maximum Gasteiger partial charge on any atom is 0.228 e. The summed E-state index contributed by atoms with van der Waals surface area (Å²) in [5.74, 6) is 0.179. The Morgan fingerprint density at radius 3 is 2.93 bits per heavy atom. The first kappa shape index (κ1) is 8.75. The first-order chi connectivity index (χ1) is 6.77. The van der Waals surface area contributed by atoms with E-state index in [2.05, 4.69) is 9.97 Å². The Kier molecular flexibility index (Phi) is 2.19. The van der Waals surface area contributed by atoms with Crippen molar-refractivity contribution < 1.29 is 4.79 Å². The number of rotatable bonds is 2. The van der Waals surface area contributed by atoms with E-state index in [1.165, 1.54) is 0 Å². The molecule has 1 heterocycles. The lowest BCUT2D eigenvalue weighted by Gasteiger charge is -1.98. The van der Waals surface area contributed by atoms with Crippen LogP contribution in [0.15, 0.2) is 36.7 Å². The van der Waals surface area contributed by atoms with Gasteiger partial charge in [0.1, 0.15) is 7.85 Å². The molecule has 2 rings (SSSR count). The molecule has 0 aliphatic rings. The molecule has 1 aromatic carbocycles. The molecule has 0 fully saturated rings. The molecule has 1 N–H and O–H groups in total. The molecule has 0 aliphatic carbocycles. The molecule has 0 atom stereocenters. The number of H-pyrrole nitrogens is 1. The number of aromatic nitrogens is 2. The number of nitrogens with one attached hydrogen (secondary N) is 1. The second-order valence-electron chi connectivity index (χ2n) is 2.89. The highest BCUT2D eigenvalue weighted by atomic mass is 16.1. The van der Waals surface area contributed by atoms with Gasteiger partial charge < -0.3 is 4.98 Å². The van der Waals surface area contributed by atoms with Crippen molar-refractivity contribution in [3.05, 3.63) is 48.0 Å². The molecule has 0 saturated carbocycles. The minimum absolute atomic E-state index is 0.151. The zero-order valence-electron chi connectivity index (χ0n) is 7.40. The van der Waals surface area contributed by atoms with E-state index in [0.29, 0.717) is 16.9 Å². The van der Waals surface area contributed by atoms with E-state index in [4.69, 9.17) is 7.85 Å². The van der Waals surface area contributed by atoms with Crippen molar-refractivity contribution in [2.75, 3.05) is 0 Å². The van der Waals surface area contributed by atoms with Crippen molar-refractivity contribution in [3.8, 4) is 0 Å². The van der Waals surface area contributed by atoms with Crippen LogP contribution in [0.1, 0.15) is 16.2 Å². The van der Waals surface area contributed by atoms with Crippen LogP contribution in [0.5, 0.6) is 0 Å². The zero-order valence-corrected chi connectivity index (χ0v) is 7.40. The lowest BCUT2D eigenvalue weighted by atomic mass is 9.93. The van der Waals surface area contributed by atoms with Crippen LogP contribution >= 0.6 is 0 Å². The first-order valence-corrected chi connectivity index (χ1v) is 4.17. The molecule has 66 valence electrons. The smallest absolute Gasteiger partial charge is 0.228 e. The van der Waals surface area contributed by atoms with E-state index >= 15 is 0 Å². The van der Waals surface area contributed by atoms with Crippen LogP contribution in [0.2, 0.25) is 0 Å². The average molecular weight is 182 g/mol. The number of carbonyl (C=O) groups is 1. The molecule has 4 heteroatoms. The van der Waals surface area contributed by atoms with Crippen LogP contribution in [0.4, 0.5) is 0 Å². The third-order valence-corrected chi connectivity index (χ3v) is 1.86. The maximum atomic E-state index is 11.7. The molecule has 2 aromatic rings. The van der Waals surface area contributed by atoms with Gasteiger partial charge in [0.2, 0.25) is 5.78 Å². The largest absolute Gasteiger partial charge is 0.342 e. The van der Waals surface area contributed by atoms with Gasteiger partial charge in [-0.15, -0.1) is 0 Å². The molecule has 14 heavy (non-hydrogen) atoms. The van der Waals surface area contributed by atoms with Crippen LogP contribution in [0.3, 0.4) is 0 Å². The van der Waals surface area contributed by atoms with E-state index in [9.17, 15) is 4.79 Å². The number of hydrogen-bond donors (Lipinski definition) is 1. The summed E-state index contributed by atoms with van der Waals surface area (Å²) in [6, 6.07) is 6.82. The molecule has 2 radical (unpaired) electrons. The van der Waals surface area contributed by atoms with Crippen molar-refractivity contribution >= 4 is 19.1 Å². The third-order valence-electron chi connectivity index (χ3n) is 1.86. The fraction of sp³-hybridized carbons (Fsp3) is 0. The number of nitrogens with zero attached hydrogens (tertiary/aromatic N) is 1. The molecular weight excluding hydrogens is 175 g/mol. The standard InChI is InChI=1S/C10H7BN2O/c11-8-3-1-2-7(6-8)9(14)10-12-4-5-13-10/h1-6H,(H,12,13). The van der Waals surface area contributed by atoms with Gasteiger partial charge in [-0.05, 0) is 0 Å².